The fraction of sp³-hybridized carbons (Fsp3) is 0.389. The minimum Gasteiger partial charge on any atom is -0.468 e. The number of pyridine rings is 1. The smallest absolute Gasteiger partial charge is 0.422 e. The van der Waals surface area contributed by atoms with Crippen LogP contribution in [0.25, 0.3) is 0 Å². The van der Waals surface area contributed by atoms with Crippen LogP contribution < -0.4 is 10.1 Å². The van der Waals surface area contributed by atoms with E-state index in [0.717, 1.165) is 5.56 Å². The minimum absolute atomic E-state index is 0.00527. The Kier molecular flexibility index (Phi) is 5.04. The molecule has 0 aliphatic heterocycles. The summed E-state index contributed by atoms with van der Waals surface area (Å²) in [5.74, 6) is 0.615. The molecule has 24 heavy (non-hydrogen) atoms. The molecule has 0 spiro atoms. The van der Waals surface area contributed by atoms with Gasteiger partial charge in [-0.1, -0.05) is 30.3 Å². The predicted octanol–water partition coefficient (Wildman–Crippen LogP) is 4.26. The first-order valence-electron chi connectivity index (χ1n) is 7.94. The van der Waals surface area contributed by atoms with E-state index in [0.29, 0.717) is 12.5 Å². The monoisotopic (exact) mass is 336 g/mol. The molecule has 6 heteroatoms. The van der Waals surface area contributed by atoms with Crippen LogP contribution in [-0.4, -0.2) is 17.8 Å². The molecule has 0 radical (unpaired) electrons. The average molecular weight is 336 g/mol. The highest BCUT2D eigenvalue weighted by atomic mass is 19.4. The molecule has 1 aromatic carbocycles. The average Bonchev–Trinajstić information content (AvgIpc) is 3.39. The third-order valence-electron chi connectivity index (χ3n) is 3.96. The van der Waals surface area contributed by atoms with E-state index in [1.54, 1.807) is 12.1 Å². The van der Waals surface area contributed by atoms with Crippen molar-refractivity contribution in [2.24, 2.45) is 5.92 Å². The van der Waals surface area contributed by atoms with Gasteiger partial charge < -0.3 is 10.1 Å². The van der Waals surface area contributed by atoms with Crippen LogP contribution in [0, 0.1) is 5.92 Å². The Morgan fingerprint density at radius 1 is 1.17 bits per heavy atom. The van der Waals surface area contributed by atoms with Crippen LogP contribution >= 0.6 is 0 Å². The first kappa shape index (κ1) is 16.8. The van der Waals surface area contributed by atoms with E-state index in [1.807, 2.05) is 18.2 Å². The molecular formula is C18H19F3N2O. The van der Waals surface area contributed by atoms with Crippen molar-refractivity contribution >= 4 is 0 Å². The van der Waals surface area contributed by atoms with Crippen LogP contribution in [0.1, 0.15) is 30.0 Å². The Hall–Kier alpha value is -2.08. The molecule has 1 heterocycles. The predicted molar refractivity (Wildman–Crippen MR) is 84.5 cm³/mol. The summed E-state index contributed by atoms with van der Waals surface area (Å²) in [4.78, 5) is 3.83. The van der Waals surface area contributed by atoms with Gasteiger partial charge in [-0.05, 0) is 36.0 Å². The Bertz CT molecular complexity index is 657. The summed E-state index contributed by atoms with van der Waals surface area (Å²) in [7, 11) is 0. The Labute approximate surface area is 138 Å². The van der Waals surface area contributed by atoms with E-state index in [-0.39, 0.29) is 11.9 Å². The lowest BCUT2D eigenvalue weighted by molar-refractivity contribution is -0.154. The summed E-state index contributed by atoms with van der Waals surface area (Å²) in [6.45, 7) is -0.771. The molecule has 0 saturated heterocycles. The minimum atomic E-state index is -4.36. The number of aromatic nitrogens is 1. The highest BCUT2D eigenvalue weighted by Crippen LogP contribution is 2.41. The second kappa shape index (κ2) is 7.21. The summed E-state index contributed by atoms with van der Waals surface area (Å²) in [5.41, 5.74) is 2.09. The lowest BCUT2D eigenvalue weighted by atomic mass is 10.0. The van der Waals surface area contributed by atoms with Crippen LogP contribution in [0.5, 0.6) is 5.88 Å². The highest BCUT2D eigenvalue weighted by molar-refractivity contribution is 5.23. The van der Waals surface area contributed by atoms with Gasteiger partial charge in [0.25, 0.3) is 0 Å². The first-order chi connectivity index (χ1) is 11.5. The van der Waals surface area contributed by atoms with E-state index in [1.165, 1.54) is 24.6 Å². The molecule has 1 fully saturated rings. The molecule has 1 N–H and O–H groups in total. The van der Waals surface area contributed by atoms with Crippen LogP contribution in [0.15, 0.2) is 48.7 Å². The first-order valence-corrected chi connectivity index (χ1v) is 7.94. The zero-order valence-electron chi connectivity index (χ0n) is 13.1. The van der Waals surface area contributed by atoms with Crippen molar-refractivity contribution in [2.45, 2.75) is 31.6 Å². The summed E-state index contributed by atoms with van der Waals surface area (Å²) < 4.78 is 41.3. The number of benzene rings is 1. The van der Waals surface area contributed by atoms with Gasteiger partial charge in [0, 0.05) is 24.8 Å². The molecule has 1 unspecified atom stereocenters. The molecule has 1 aromatic heterocycles. The van der Waals surface area contributed by atoms with Crippen molar-refractivity contribution in [3.63, 3.8) is 0 Å². The van der Waals surface area contributed by atoms with Crippen molar-refractivity contribution in [3.05, 3.63) is 59.8 Å². The van der Waals surface area contributed by atoms with Gasteiger partial charge in [-0.2, -0.15) is 13.2 Å². The van der Waals surface area contributed by atoms with Crippen molar-refractivity contribution in [1.29, 1.82) is 0 Å². The zero-order chi connectivity index (χ0) is 17.0. The summed E-state index contributed by atoms with van der Waals surface area (Å²) in [6.07, 6.45) is -0.497. The Morgan fingerprint density at radius 2 is 1.92 bits per heavy atom. The van der Waals surface area contributed by atoms with Crippen LogP contribution in [-0.2, 0) is 6.54 Å². The second-order valence-corrected chi connectivity index (χ2v) is 6.01. The molecule has 2 aromatic rings. The molecule has 0 amide bonds. The number of ether oxygens (including phenoxy) is 1. The lowest BCUT2D eigenvalue weighted by Gasteiger charge is -2.19. The maximum atomic E-state index is 12.2. The summed E-state index contributed by atoms with van der Waals surface area (Å²) in [6, 6.07) is 13.8. The number of rotatable bonds is 7. The van der Waals surface area contributed by atoms with E-state index in [4.69, 9.17) is 4.74 Å². The van der Waals surface area contributed by atoms with Crippen molar-refractivity contribution in [3.8, 4) is 5.88 Å². The van der Waals surface area contributed by atoms with Gasteiger partial charge in [0.05, 0.1) is 0 Å². The van der Waals surface area contributed by atoms with E-state index < -0.39 is 12.8 Å². The maximum Gasteiger partial charge on any atom is 0.422 e. The van der Waals surface area contributed by atoms with E-state index in [2.05, 4.69) is 22.4 Å². The number of nitrogens with one attached hydrogen (secondary N) is 1. The zero-order valence-corrected chi connectivity index (χ0v) is 13.1. The van der Waals surface area contributed by atoms with Gasteiger partial charge in [0.1, 0.15) is 0 Å². The number of halogens is 3. The summed E-state index contributed by atoms with van der Waals surface area (Å²) >= 11 is 0. The van der Waals surface area contributed by atoms with Crippen LogP contribution in [0.3, 0.4) is 0 Å². The van der Waals surface area contributed by atoms with Crippen molar-refractivity contribution in [1.82, 2.24) is 10.3 Å². The molecule has 1 aliphatic carbocycles. The Balaban J connectivity index is 1.61. The summed E-state index contributed by atoms with van der Waals surface area (Å²) in [5, 5.41) is 3.51. The molecule has 1 saturated carbocycles. The van der Waals surface area contributed by atoms with Gasteiger partial charge in [0.2, 0.25) is 5.88 Å². The third kappa shape index (κ3) is 4.96. The standard InChI is InChI=1S/C18H19F3N2O/c19-18(20,21)12-24-16-10-13(8-9-22-16)11-23-17(15-6-7-15)14-4-2-1-3-5-14/h1-5,8-10,15,17,23H,6-7,11-12H2. The fourth-order valence-electron chi connectivity index (χ4n) is 2.67. The van der Waals surface area contributed by atoms with Crippen molar-refractivity contribution in [2.75, 3.05) is 6.61 Å². The Morgan fingerprint density at radius 3 is 2.58 bits per heavy atom. The van der Waals surface area contributed by atoms with Crippen LogP contribution in [0.2, 0.25) is 0 Å². The molecular weight excluding hydrogens is 317 g/mol. The highest BCUT2D eigenvalue weighted by Gasteiger charge is 2.32. The molecule has 3 nitrogen and oxygen atoms in total. The molecule has 3 rings (SSSR count). The SMILES string of the molecule is FC(F)(F)COc1cc(CNC(c2ccccc2)C2CC2)ccn1. The molecule has 1 aliphatic rings. The molecule has 1 atom stereocenters. The van der Waals surface area contributed by atoms with Gasteiger partial charge in [-0.3, -0.25) is 0 Å². The lowest BCUT2D eigenvalue weighted by Crippen LogP contribution is -2.23. The van der Waals surface area contributed by atoms with Crippen molar-refractivity contribution < 1.29 is 17.9 Å². The quantitative estimate of drug-likeness (QED) is 0.820. The second-order valence-electron chi connectivity index (χ2n) is 6.01. The number of nitrogens with zero attached hydrogens (tertiary/aromatic N) is 1. The number of hydrogen-bond acceptors (Lipinski definition) is 3. The third-order valence-corrected chi connectivity index (χ3v) is 3.96. The van der Waals surface area contributed by atoms with Crippen LogP contribution in [0.4, 0.5) is 13.2 Å². The largest absolute Gasteiger partial charge is 0.468 e. The van der Waals surface area contributed by atoms with Gasteiger partial charge in [-0.25, -0.2) is 4.98 Å². The number of hydrogen-bond donors (Lipinski definition) is 1. The van der Waals surface area contributed by atoms with Gasteiger partial charge in [-0.15, -0.1) is 0 Å². The molecule has 0 bridgehead atoms. The normalized spacial score (nSPS) is 16.0. The van der Waals surface area contributed by atoms with E-state index in [9.17, 15) is 13.2 Å². The van der Waals surface area contributed by atoms with Gasteiger partial charge >= 0.3 is 6.18 Å². The topological polar surface area (TPSA) is 34.1 Å². The number of alkyl halides is 3. The van der Waals surface area contributed by atoms with E-state index >= 15 is 0 Å². The maximum absolute atomic E-state index is 12.2. The van der Waals surface area contributed by atoms with Gasteiger partial charge in [0.15, 0.2) is 6.61 Å². The molecule has 128 valence electrons. The fourth-order valence-corrected chi connectivity index (χ4v) is 2.67.